The average molecular weight is 306 g/mol. The van der Waals surface area contributed by atoms with Gasteiger partial charge >= 0.3 is 5.97 Å². The van der Waals surface area contributed by atoms with Crippen molar-refractivity contribution >= 4 is 5.97 Å². The van der Waals surface area contributed by atoms with Gasteiger partial charge in [-0.15, -0.1) is 0 Å². The number of hydrogen-bond acceptors (Lipinski definition) is 2. The summed E-state index contributed by atoms with van der Waals surface area (Å²) in [5.74, 6) is -0.438. The zero-order chi connectivity index (χ0) is 16.4. The molecule has 1 heterocycles. The van der Waals surface area contributed by atoms with E-state index in [0.717, 1.165) is 22.5 Å². The Bertz CT molecular complexity index is 833. The number of aromatic carboxylic acids is 1. The van der Waals surface area contributed by atoms with Gasteiger partial charge in [-0.2, -0.15) is 5.10 Å². The Balaban J connectivity index is 1.91. The van der Waals surface area contributed by atoms with Crippen LogP contribution in [0, 0.1) is 0 Å². The number of aromatic nitrogens is 2. The van der Waals surface area contributed by atoms with E-state index in [1.807, 2.05) is 12.1 Å². The lowest BCUT2D eigenvalue weighted by atomic mass is 10.0. The highest BCUT2D eigenvalue weighted by atomic mass is 16.4. The number of H-pyrrole nitrogens is 1. The second kappa shape index (κ2) is 6.08. The highest BCUT2D eigenvalue weighted by Gasteiger charge is 2.09. The topological polar surface area (TPSA) is 66.0 Å². The molecule has 0 saturated carbocycles. The van der Waals surface area contributed by atoms with Gasteiger partial charge in [0, 0.05) is 5.56 Å². The summed E-state index contributed by atoms with van der Waals surface area (Å²) in [6.45, 7) is 4.33. The minimum Gasteiger partial charge on any atom is -0.478 e. The fraction of sp³-hybridized carbons (Fsp3) is 0.158. The molecular formula is C19H18N2O2. The predicted molar refractivity (Wildman–Crippen MR) is 90.5 cm³/mol. The molecule has 116 valence electrons. The van der Waals surface area contributed by atoms with Crippen molar-refractivity contribution in [3.8, 4) is 22.5 Å². The first-order chi connectivity index (χ1) is 11.0. The molecule has 0 saturated heterocycles. The molecule has 0 aliphatic rings. The van der Waals surface area contributed by atoms with Crippen LogP contribution in [0.25, 0.3) is 22.5 Å². The van der Waals surface area contributed by atoms with E-state index < -0.39 is 5.97 Å². The van der Waals surface area contributed by atoms with E-state index >= 15 is 0 Å². The van der Waals surface area contributed by atoms with Crippen molar-refractivity contribution in [2.24, 2.45) is 0 Å². The van der Waals surface area contributed by atoms with Crippen LogP contribution in [0.2, 0.25) is 0 Å². The number of carboxylic acids is 1. The first kappa shape index (κ1) is 15.0. The molecule has 2 N–H and O–H groups in total. The molecule has 0 atom stereocenters. The zero-order valence-corrected chi connectivity index (χ0v) is 13.1. The second-order valence-electron chi connectivity index (χ2n) is 5.83. The minimum absolute atomic E-state index is 0.258. The maximum absolute atomic E-state index is 11.1. The summed E-state index contributed by atoms with van der Waals surface area (Å²) in [6.07, 6.45) is 0. The van der Waals surface area contributed by atoms with Gasteiger partial charge in [-0.25, -0.2) is 4.79 Å². The van der Waals surface area contributed by atoms with E-state index in [2.05, 4.69) is 48.3 Å². The number of carbonyl (C=O) groups is 1. The molecule has 4 heteroatoms. The molecular weight excluding hydrogens is 288 g/mol. The molecule has 0 fully saturated rings. The van der Waals surface area contributed by atoms with Crippen molar-refractivity contribution in [2.75, 3.05) is 0 Å². The van der Waals surface area contributed by atoms with Crippen molar-refractivity contribution < 1.29 is 9.90 Å². The van der Waals surface area contributed by atoms with E-state index in [-0.39, 0.29) is 5.56 Å². The second-order valence-corrected chi connectivity index (χ2v) is 5.83. The summed E-state index contributed by atoms with van der Waals surface area (Å²) in [7, 11) is 0. The molecule has 2 aromatic carbocycles. The van der Waals surface area contributed by atoms with E-state index in [1.165, 1.54) is 5.56 Å². The number of carboxylic acid groups (broad SMARTS) is 1. The number of nitrogens with zero attached hydrogens (tertiary/aromatic N) is 1. The van der Waals surface area contributed by atoms with Crippen LogP contribution in [0.5, 0.6) is 0 Å². The quantitative estimate of drug-likeness (QED) is 0.742. The van der Waals surface area contributed by atoms with Crippen molar-refractivity contribution in [3.05, 3.63) is 65.7 Å². The Morgan fingerprint density at radius 2 is 1.78 bits per heavy atom. The number of nitrogens with one attached hydrogen (secondary N) is 1. The van der Waals surface area contributed by atoms with Crippen LogP contribution in [0.3, 0.4) is 0 Å². The standard InChI is InChI=1S/C19H18N2O2/c1-12(2)13-6-8-14(9-7-13)17-11-18(21-20-17)15-4-3-5-16(10-15)19(22)23/h3-12H,1-2H3,(H,20,21)(H,22,23). The van der Waals surface area contributed by atoms with E-state index in [1.54, 1.807) is 18.2 Å². The van der Waals surface area contributed by atoms with Gasteiger partial charge in [-0.1, -0.05) is 50.2 Å². The largest absolute Gasteiger partial charge is 0.478 e. The van der Waals surface area contributed by atoms with Gasteiger partial charge < -0.3 is 5.11 Å². The third-order valence-corrected chi connectivity index (χ3v) is 3.87. The lowest BCUT2D eigenvalue weighted by Gasteiger charge is -2.05. The molecule has 1 aromatic heterocycles. The van der Waals surface area contributed by atoms with Crippen molar-refractivity contribution in [1.29, 1.82) is 0 Å². The van der Waals surface area contributed by atoms with Gasteiger partial charge in [-0.05, 0) is 35.2 Å². The molecule has 23 heavy (non-hydrogen) atoms. The van der Waals surface area contributed by atoms with Crippen LogP contribution >= 0.6 is 0 Å². The lowest BCUT2D eigenvalue weighted by molar-refractivity contribution is 0.0697. The van der Waals surface area contributed by atoms with Crippen LogP contribution in [0.4, 0.5) is 0 Å². The number of hydrogen-bond donors (Lipinski definition) is 2. The Labute approximate surface area is 134 Å². The average Bonchev–Trinajstić information content (AvgIpc) is 3.05. The first-order valence-corrected chi connectivity index (χ1v) is 7.54. The molecule has 0 amide bonds. The summed E-state index contributed by atoms with van der Waals surface area (Å²) < 4.78 is 0. The van der Waals surface area contributed by atoms with Crippen LogP contribution in [-0.4, -0.2) is 21.3 Å². The summed E-state index contributed by atoms with van der Waals surface area (Å²) in [6, 6.07) is 17.1. The van der Waals surface area contributed by atoms with Crippen LogP contribution in [-0.2, 0) is 0 Å². The van der Waals surface area contributed by atoms with Crippen molar-refractivity contribution in [3.63, 3.8) is 0 Å². The Hall–Kier alpha value is -2.88. The SMILES string of the molecule is CC(C)c1ccc(-c2cc(-c3cccc(C(=O)O)c3)n[nH]2)cc1. The van der Waals surface area contributed by atoms with Crippen LogP contribution < -0.4 is 0 Å². The van der Waals surface area contributed by atoms with E-state index in [4.69, 9.17) is 5.11 Å². The fourth-order valence-electron chi connectivity index (χ4n) is 2.48. The summed E-state index contributed by atoms with van der Waals surface area (Å²) in [4.78, 5) is 11.1. The van der Waals surface area contributed by atoms with Gasteiger partial charge in [0.15, 0.2) is 0 Å². The van der Waals surface area contributed by atoms with Crippen LogP contribution in [0.15, 0.2) is 54.6 Å². The van der Waals surface area contributed by atoms with Gasteiger partial charge in [0.25, 0.3) is 0 Å². The third-order valence-electron chi connectivity index (χ3n) is 3.87. The van der Waals surface area contributed by atoms with Gasteiger partial charge in [0.1, 0.15) is 0 Å². The molecule has 0 bridgehead atoms. The lowest BCUT2D eigenvalue weighted by Crippen LogP contribution is -1.95. The minimum atomic E-state index is -0.938. The molecule has 4 nitrogen and oxygen atoms in total. The van der Waals surface area contributed by atoms with Crippen molar-refractivity contribution in [2.45, 2.75) is 19.8 Å². The number of rotatable bonds is 4. The molecule has 0 aliphatic carbocycles. The maximum Gasteiger partial charge on any atom is 0.335 e. The fourth-order valence-corrected chi connectivity index (χ4v) is 2.48. The Morgan fingerprint density at radius 3 is 2.43 bits per heavy atom. The molecule has 3 aromatic rings. The highest BCUT2D eigenvalue weighted by molar-refractivity contribution is 5.89. The monoisotopic (exact) mass is 306 g/mol. The summed E-state index contributed by atoms with van der Waals surface area (Å²) >= 11 is 0. The Kier molecular flexibility index (Phi) is 3.98. The van der Waals surface area contributed by atoms with Gasteiger partial charge in [0.2, 0.25) is 0 Å². The third kappa shape index (κ3) is 3.16. The smallest absolute Gasteiger partial charge is 0.335 e. The zero-order valence-electron chi connectivity index (χ0n) is 13.1. The van der Waals surface area contributed by atoms with Crippen LogP contribution in [0.1, 0.15) is 35.7 Å². The summed E-state index contributed by atoms with van der Waals surface area (Å²) in [5.41, 5.74) is 5.04. The molecule has 3 rings (SSSR count). The molecule has 0 unspecified atom stereocenters. The molecule has 0 aliphatic heterocycles. The number of aromatic amines is 1. The Morgan fingerprint density at radius 1 is 1.04 bits per heavy atom. The van der Waals surface area contributed by atoms with Crippen molar-refractivity contribution in [1.82, 2.24) is 10.2 Å². The first-order valence-electron chi connectivity index (χ1n) is 7.54. The molecule has 0 spiro atoms. The highest BCUT2D eigenvalue weighted by Crippen LogP contribution is 2.26. The van der Waals surface area contributed by atoms with Gasteiger partial charge in [0.05, 0.1) is 17.0 Å². The molecule has 0 radical (unpaired) electrons. The van der Waals surface area contributed by atoms with E-state index in [9.17, 15) is 4.79 Å². The maximum atomic E-state index is 11.1. The predicted octanol–water partition coefficient (Wildman–Crippen LogP) is 4.57. The normalized spacial score (nSPS) is 10.9. The van der Waals surface area contributed by atoms with Gasteiger partial charge in [-0.3, -0.25) is 5.10 Å². The summed E-state index contributed by atoms with van der Waals surface area (Å²) in [5, 5.41) is 16.4. The van der Waals surface area contributed by atoms with E-state index in [0.29, 0.717) is 5.92 Å². The number of benzene rings is 2.